The third kappa shape index (κ3) is 3.69. The number of hydrogen-bond donors (Lipinski definition) is 3. The number of benzene rings is 2. The number of rotatable bonds is 6. The molecule has 4 rings (SSSR count). The number of fused-ring (bicyclic) bond motifs is 1. The van der Waals surface area contributed by atoms with E-state index in [0.29, 0.717) is 17.9 Å². The Hall–Kier alpha value is -2.96. The summed E-state index contributed by atoms with van der Waals surface area (Å²) < 4.78 is 0. The van der Waals surface area contributed by atoms with Gasteiger partial charge in [-0.1, -0.05) is 25.1 Å². The fourth-order valence-electron chi connectivity index (χ4n) is 3.02. The van der Waals surface area contributed by atoms with Crippen molar-refractivity contribution in [2.75, 3.05) is 11.9 Å². The summed E-state index contributed by atoms with van der Waals surface area (Å²) >= 11 is 1.66. The van der Waals surface area contributed by atoms with Crippen LogP contribution in [-0.2, 0) is 0 Å². The van der Waals surface area contributed by atoms with E-state index < -0.39 is 0 Å². The second-order valence-corrected chi connectivity index (χ2v) is 7.62. The summed E-state index contributed by atoms with van der Waals surface area (Å²) in [6.45, 7) is 2.68. The lowest BCUT2D eigenvalue weighted by Gasteiger charge is -2.14. The smallest absolute Gasteiger partial charge is 0.165 e. The van der Waals surface area contributed by atoms with Crippen LogP contribution in [0.25, 0.3) is 32.7 Å². The first-order chi connectivity index (χ1) is 13.7. The van der Waals surface area contributed by atoms with E-state index in [1.165, 1.54) is 0 Å². The molecule has 4 aromatic rings. The van der Waals surface area contributed by atoms with Crippen molar-refractivity contribution in [3.63, 3.8) is 0 Å². The van der Waals surface area contributed by atoms with E-state index in [4.69, 9.17) is 15.7 Å². The third-order valence-corrected chi connectivity index (χ3v) is 5.62. The van der Waals surface area contributed by atoms with Gasteiger partial charge in [0.05, 0.1) is 11.1 Å². The van der Waals surface area contributed by atoms with Crippen LogP contribution in [0.3, 0.4) is 0 Å². The number of para-hydroxylation sites is 1. The summed E-state index contributed by atoms with van der Waals surface area (Å²) in [6, 6.07) is 17.5. The Balaban J connectivity index is 1.81. The van der Waals surface area contributed by atoms with Crippen molar-refractivity contribution in [1.29, 1.82) is 0 Å². The second kappa shape index (κ2) is 7.96. The van der Waals surface area contributed by atoms with Crippen LogP contribution in [0.2, 0.25) is 0 Å². The summed E-state index contributed by atoms with van der Waals surface area (Å²) in [4.78, 5) is 10.6. The normalized spacial score (nSPS) is 12.2. The molecule has 1 atom stereocenters. The van der Waals surface area contributed by atoms with Crippen molar-refractivity contribution in [3.05, 3.63) is 60.0 Å². The van der Waals surface area contributed by atoms with E-state index in [1.54, 1.807) is 17.4 Å². The molecule has 0 aliphatic carbocycles. The number of aromatic hydroxyl groups is 1. The Kier molecular flexibility index (Phi) is 5.23. The number of nitrogens with zero attached hydrogens (tertiary/aromatic N) is 2. The maximum absolute atomic E-state index is 10.5. The number of hydrogen-bond acceptors (Lipinski definition) is 6. The molecule has 0 saturated carbocycles. The predicted molar refractivity (Wildman–Crippen MR) is 117 cm³/mol. The number of phenolic OH excluding ortho intramolecular Hbond substituents is 1. The van der Waals surface area contributed by atoms with Gasteiger partial charge in [0.2, 0.25) is 0 Å². The van der Waals surface area contributed by atoms with Gasteiger partial charge in [0.25, 0.3) is 0 Å². The molecule has 0 aliphatic rings. The molecule has 0 amide bonds. The zero-order chi connectivity index (χ0) is 19.5. The monoisotopic (exact) mass is 390 g/mol. The first-order valence-electron chi connectivity index (χ1n) is 9.29. The maximum atomic E-state index is 10.5. The van der Waals surface area contributed by atoms with Gasteiger partial charge >= 0.3 is 0 Å². The summed E-state index contributed by atoms with van der Waals surface area (Å²) in [5, 5.41) is 16.8. The van der Waals surface area contributed by atoms with Crippen molar-refractivity contribution in [3.8, 4) is 27.6 Å². The van der Waals surface area contributed by atoms with Crippen molar-refractivity contribution in [1.82, 2.24) is 9.97 Å². The molecule has 0 fully saturated rings. The van der Waals surface area contributed by atoms with Gasteiger partial charge in [0.15, 0.2) is 5.82 Å². The van der Waals surface area contributed by atoms with Crippen molar-refractivity contribution < 1.29 is 5.11 Å². The van der Waals surface area contributed by atoms with Gasteiger partial charge in [0.1, 0.15) is 11.6 Å². The second-order valence-electron chi connectivity index (χ2n) is 6.67. The van der Waals surface area contributed by atoms with Gasteiger partial charge in [-0.3, -0.25) is 0 Å². The quantitative estimate of drug-likeness (QED) is 0.437. The van der Waals surface area contributed by atoms with Crippen LogP contribution in [0.5, 0.6) is 5.75 Å². The van der Waals surface area contributed by atoms with E-state index in [9.17, 15) is 5.11 Å². The number of aromatic nitrogens is 2. The minimum absolute atomic E-state index is 0.0488. The SMILES string of the molecule is CC[C@H](N)CNc1nc(-c2cc(-c3cccs3)ccc2O)nc2ccccc12. The molecule has 0 unspecified atom stereocenters. The Bertz CT molecular complexity index is 1100. The van der Waals surface area contributed by atoms with E-state index in [0.717, 1.165) is 33.6 Å². The number of nitrogens with one attached hydrogen (secondary N) is 1. The van der Waals surface area contributed by atoms with Crippen molar-refractivity contribution in [2.24, 2.45) is 5.73 Å². The predicted octanol–water partition coefficient (Wildman–Crippen LogP) is 4.88. The summed E-state index contributed by atoms with van der Waals surface area (Å²) in [6.07, 6.45) is 0.881. The van der Waals surface area contributed by atoms with Gasteiger partial charge < -0.3 is 16.2 Å². The van der Waals surface area contributed by atoms with Crippen LogP contribution in [0, 0.1) is 0 Å². The molecule has 5 nitrogen and oxygen atoms in total. The standard InChI is InChI=1S/C22H22N4OS/c1-2-15(23)13-24-21-16-6-3-4-7-18(16)25-22(26-21)17-12-14(9-10-19(17)27)20-8-5-11-28-20/h3-12,15,27H,2,13,23H2,1H3,(H,24,25,26)/t15-/m0/s1. The lowest BCUT2D eigenvalue weighted by atomic mass is 10.1. The Morgan fingerprint density at radius 2 is 1.96 bits per heavy atom. The molecule has 0 bridgehead atoms. The highest BCUT2D eigenvalue weighted by atomic mass is 32.1. The van der Waals surface area contributed by atoms with Crippen LogP contribution in [0.4, 0.5) is 5.82 Å². The summed E-state index contributed by atoms with van der Waals surface area (Å²) in [5.74, 6) is 1.37. The van der Waals surface area contributed by atoms with Crippen LogP contribution < -0.4 is 11.1 Å². The molecule has 2 aromatic heterocycles. The molecule has 6 heteroatoms. The van der Waals surface area contributed by atoms with Crippen LogP contribution in [-0.4, -0.2) is 27.7 Å². The number of phenols is 1. The molecular formula is C22H22N4OS. The number of nitrogens with two attached hydrogens (primary N) is 1. The highest BCUT2D eigenvalue weighted by Crippen LogP contribution is 2.35. The molecule has 2 heterocycles. The van der Waals surface area contributed by atoms with Gasteiger partial charge in [0, 0.05) is 22.8 Å². The Labute approximate surface area is 167 Å². The first kappa shape index (κ1) is 18.4. The first-order valence-corrected chi connectivity index (χ1v) is 10.2. The van der Waals surface area contributed by atoms with Gasteiger partial charge in [-0.15, -0.1) is 11.3 Å². The number of thiophene rings is 1. The van der Waals surface area contributed by atoms with Crippen LogP contribution >= 0.6 is 11.3 Å². The minimum Gasteiger partial charge on any atom is -0.507 e. The van der Waals surface area contributed by atoms with Gasteiger partial charge in [-0.2, -0.15) is 0 Å². The summed E-state index contributed by atoms with van der Waals surface area (Å²) in [7, 11) is 0. The van der Waals surface area contributed by atoms with Crippen molar-refractivity contribution >= 4 is 28.1 Å². The lowest BCUT2D eigenvalue weighted by molar-refractivity contribution is 0.477. The Morgan fingerprint density at radius 3 is 2.75 bits per heavy atom. The van der Waals surface area contributed by atoms with Crippen LogP contribution in [0.1, 0.15) is 13.3 Å². The fraction of sp³-hybridized carbons (Fsp3) is 0.182. The molecule has 0 saturated heterocycles. The van der Waals surface area contributed by atoms with Gasteiger partial charge in [-0.05, 0) is 53.8 Å². The molecule has 0 spiro atoms. The molecule has 0 aliphatic heterocycles. The zero-order valence-electron chi connectivity index (χ0n) is 15.6. The average molecular weight is 391 g/mol. The third-order valence-electron chi connectivity index (χ3n) is 4.70. The average Bonchev–Trinajstić information content (AvgIpc) is 3.26. The molecule has 142 valence electrons. The topological polar surface area (TPSA) is 84.1 Å². The largest absolute Gasteiger partial charge is 0.507 e. The van der Waals surface area contributed by atoms with E-state index in [-0.39, 0.29) is 11.8 Å². The molecule has 4 N–H and O–H groups in total. The zero-order valence-corrected chi connectivity index (χ0v) is 16.4. The molecule has 28 heavy (non-hydrogen) atoms. The maximum Gasteiger partial charge on any atom is 0.165 e. The highest BCUT2D eigenvalue weighted by molar-refractivity contribution is 7.13. The van der Waals surface area contributed by atoms with Gasteiger partial charge in [-0.25, -0.2) is 9.97 Å². The molecular weight excluding hydrogens is 368 g/mol. The van der Waals surface area contributed by atoms with E-state index >= 15 is 0 Å². The highest BCUT2D eigenvalue weighted by Gasteiger charge is 2.14. The van der Waals surface area contributed by atoms with E-state index in [1.807, 2.05) is 47.8 Å². The number of anilines is 1. The van der Waals surface area contributed by atoms with Crippen molar-refractivity contribution in [2.45, 2.75) is 19.4 Å². The molecule has 2 aromatic carbocycles. The fourth-order valence-corrected chi connectivity index (χ4v) is 3.74. The summed E-state index contributed by atoms with van der Waals surface area (Å²) in [5.41, 5.74) is 8.53. The lowest BCUT2D eigenvalue weighted by Crippen LogP contribution is -2.28. The van der Waals surface area contributed by atoms with Crippen LogP contribution in [0.15, 0.2) is 60.0 Å². The Morgan fingerprint density at radius 1 is 1.11 bits per heavy atom. The minimum atomic E-state index is 0.0488. The molecule has 0 radical (unpaired) electrons. The van der Waals surface area contributed by atoms with E-state index in [2.05, 4.69) is 18.3 Å².